The number of aliphatic hydroxyl groups is 1. The van der Waals surface area contributed by atoms with Crippen molar-refractivity contribution in [1.29, 1.82) is 0 Å². The van der Waals surface area contributed by atoms with Crippen molar-refractivity contribution in [3.63, 3.8) is 0 Å². The van der Waals surface area contributed by atoms with Gasteiger partial charge in [0, 0.05) is 29.5 Å². The van der Waals surface area contributed by atoms with Crippen molar-refractivity contribution in [2.24, 2.45) is 0 Å². The van der Waals surface area contributed by atoms with Gasteiger partial charge in [-0.15, -0.1) is 11.3 Å². The van der Waals surface area contributed by atoms with Gasteiger partial charge in [-0.05, 0) is 35.9 Å². The Bertz CT molecular complexity index is 793. The van der Waals surface area contributed by atoms with E-state index in [1.165, 1.54) is 23.5 Å². The molecule has 0 saturated heterocycles. The lowest BCUT2D eigenvalue weighted by Gasteiger charge is -2.11. The van der Waals surface area contributed by atoms with Gasteiger partial charge in [0.1, 0.15) is 11.9 Å². The minimum atomic E-state index is -0.634. The van der Waals surface area contributed by atoms with Gasteiger partial charge in [0.2, 0.25) is 0 Å². The number of aliphatic hydroxyl groups excluding tert-OH is 1. The largest absolute Gasteiger partial charge is 0.386 e. The summed E-state index contributed by atoms with van der Waals surface area (Å²) in [6, 6.07) is 10.1. The maximum Gasteiger partial charge on any atom is 0.124 e. The number of hydrogen-bond donors (Lipinski definition) is 2. The molecule has 1 aromatic carbocycles. The van der Waals surface area contributed by atoms with E-state index in [2.05, 4.69) is 10.3 Å². The molecule has 0 fully saturated rings. The van der Waals surface area contributed by atoms with Gasteiger partial charge in [0.25, 0.3) is 0 Å². The molecule has 3 rings (SSSR count). The first-order valence-corrected chi connectivity index (χ1v) is 8.00. The van der Waals surface area contributed by atoms with Gasteiger partial charge < -0.3 is 10.4 Å². The first kappa shape index (κ1) is 15.4. The predicted octanol–water partition coefficient (Wildman–Crippen LogP) is 3.91. The Morgan fingerprint density at radius 2 is 2.18 bits per heavy atom. The Morgan fingerprint density at radius 1 is 1.32 bits per heavy atom. The summed E-state index contributed by atoms with van der Waals surface area (Å²) in [6.07, 6.45) is 1.05. The first-order chi connectivity index (χ1) is 10.6. The maximum absolute atomic E-state index is 13.6. The molecule has 0 spiro atoms. The highest BCUT2D eigenvalue weighted by Gasteiger charge is 2.11. The summed E-state index contributed by atoms with van der Waals surface area (Å²) >= 11 is 7.20. The molecule has 6 heteroatoms. The van der Waals surface area contributed by atoms with Crippen LogP contribution in [0.4, 0.5) is 4.39 Å². The van der Waals surface area contributed by atoms with Gasteiger partial charge in [-0.2, -0.15) is 0 Å². The van der Waals surface area contributed by atoms with Crippen LogP contribution in [0.2, 0.25) is 4.34 Å². The third kappa shape index (κ3) is 3.44. The monoisotopic (exact) mass is 336 g/mol. The molecule has 0 radical (unpaired) electrons. The van der Waals surface area contributed by atoms with Crippen LogP contribution in [0, 0.1) is 5.82 Å². The SMILES string of the molecule is OC(CNCc1cc(F)cc2cccnc12)c1ccc(Cl)s1. The smallest absolute Gasteiger partial charge is 0.124 e. The lowest BCUT2D eigenvalue weighted by atomic mass is 10.1. The number of benzene rings is 1. The van der Waals surface area contributed by atoms with Crippen molar-refractivity contribution in [3.05, 3.63) is 63.2 Å². The number of fused-ring (bicyclic) bond motifs is 1. The molecule has 2 N–H and O–H groups in total. The van der Waals surface area contributed by atoms with Crippen LogP contribution in [0.1, 0.15) is 16.5 Å². The summed E-state index contributed by atoms with van der Waals surface area (Å²) < 4.78 is 14.3. The summed E-state index contributed by atoms with van der Waals surface area (Å²) in [5.74, 6) is -0.289. The fourth-order valence-electron chi connectivity index (χ4n) is 2.31. The van der Waals surface area contributed by atoms with E-state index in [4.69, 9.17) is 11.6 Å². The number of halogens is 2. The van der Waals surface area contributed by atoms with Crippen molar-refractivity contribution < 1.29 is 9.50 Å². The Balaban J connectivity index is 1.69. The molecular weight excluding hydrogens is 323 g/mol. The zero-order chi connectivity index (χ0) is 15.5. The van der Waals surface area contributed by atoms with Gasteiger partial charge >= 0.3 is 0 Å². The minimum Gasteiger partial charge on any atom is -0.386 e. The summed E-state index contributed by atoms with van der Waals surface area (Å²) in [6.45, 7) is 0.795. The Kier molecular flexibility index (Phi) is 4.69. The maximum atomic E-state index is 13.6. The van der Waals surface area contributed by atoms with Crippen LogP contribution in [0.3, 0.4) is 0 Å². The van der Waals surface area contributed by atoms with E-state index in [-0.39, 0.29) is 5.82 Å². The van der Waals surface area contributed by atoms with E-state index < -0.39 is 6.10 Å². The molecule has 0 amide bonds. The van der Waals surface area contributed by atoms with Crippen molar-refractivity contribution in [2.45, 2.75) is 12.6 Å². The van der Waals surface area contributed by atoms with Crippen LogP contribution in [-0.2, 0) is 6.54 Å². The second kappa shape index (κ2) is 6.71. The van der Waals surface area contributed by atoms with Gasteiger partial charge in [-0.3, -0.25) is 4.98 Å². The second-order valence-corrected chi connectivity index (χ2v) is 6.68. The number of nitrogens with one attached hydrogen (secondary N) is 1. The van der Waals surface area contributed by atoms with Crippen molar-refractivity contribution >= 4 is 33.8 Å². The molecule has 1 atom stereocenters. The Morgan fingerprint density at radius 3 is 2.95 bits per heavy atom. The normalized spacial score (nSPS) is 12.7. The molecule has 0 aliphatic rings. The molecule has 22 heavy (non-hydrogen) atoms. The van der Waals surface area contributed by atoms with Crippen molar-refractivity contribution in [2.75, 3.05) is 6.54 Å². The predicted molar refractivity (Wildman–Crippen MR) is 87.7 cm³/mol. The van der Waals surface area contributed by atoms with Crippen LogP contribution in [-0.4, -0.2) is 16.6 Å². The van der Waals surface area contributed by atoms with E-state index in [9.17, 15) is 9.50 Å². The van der Waals surface area contributed by atoms with Crippen LogP contribution in [0.5, 0.6) is 0 Å². The number of nitrogens with zero attached hydrogens (tertiary/aromatic N) is 1. The van der Waals surface area contributed by atoms with Gasteiger partial charge in [-0.25, -0.2) is 4.39 Å². The molecule has 1 unspecified atom stereocenters. The van der Waals surface area contributed by atoms with Crippen LogP contribution >= 0.6 is 22.9 Å². The quantitative estimate of drug-likeness (QED) is 0.742. The fraction of sp³-hybridized carbons (Fsp3) is 0.188. The first-order valence-electron chi connectivity index (χ1n) is 6.80. The van der Waals surface area contributed by atoms with E-state index >= 15 is 0 Å². The summed E-state index contributed by atoms with van der Waals surface area (Å²) in [4.78, 5) is 5.10. The molecule has 0 aliphatic carbocycles. The highest BCUT2D eigenvalue weighted by molar-refractivity contribution is 7.16. The zero-order valence-corrected chi connectivity index (χ0v) is 13.2. The average Bonchev–Trinajstić information content (AvgIpc) is 2.93. The number of pyridine rings is 1. The minimum absolute atomic E-state index is 0.289. The third-order valence-corrected chi connectivity index (χ3v) is 4.66. The lowest BCUT2D eigenvalue weighted by Crippen LogP contribution is -2.20. The Labute approximate surface area is 136 Å². The van der Waals surface area contributed by atoms with Gasteiger partial charge in [0.05, 0.1) is 9.85 Å². The molecule has 0 bridgehead atoms. The molecule has 114 valence electrons. The fourth-order valence-corrected chi connectivity index (χ4v) is 3.36. The molecular formula is C16H14ClFN2OS. The summed E-state index contributed by atoms with van der Waals surface area (Å²) in [7, 11) is 0. The third-order valence-electron chi connectivity index (χ3n) is 3.32. The topological polar surface area (TPSA) is 45.1 Å². The standard InChI is InChI=1S/C16H14ClFN2OS/c17-15-4-3-14(22-15)13(21)9-19-8-11-7-12(18)6-10-2-1-5-20-16(10)11/h1-7,13,19,21H,8-9H2. The second-order valence-electron chi connectivity index (χ2n) is 4.93. The van der Waals surface area contributed by atoms with Crippen LogP contribution in [0.15, 0.2) is 42.6 Å². The number of hydrogen-bond acceptors (Lipinski definition) is 4. The van der Waals surface area contributed by atoms with Crippen LogP contribution < -0.4 is 5.32 Å². The molecule has 2 aromatic heterocycles. The highest BCUT2D eigenvalue weighted by atomic mass is 35.5. The zero-order valence-electron chi connectivity index (χ0n) is 11.6. The van der Waals surface area contributed by atoms with Gasteiger partial charge in [0.15, 0.2) is 0 Å². The molecule has 0 saturated carbocycles. The summed E-state index contributed by atoms with van der Waals surface area (Å²) in [5.41, 5.74) is 1.54. The van der Waals surface area contributed by atoms with E-state index in [0.29, 0.717) is 17.4 Å². The molecule has 3 nitrogen and oxygen atoms in total. The molecule has 2 heterocycles. The lowest BCUT2D eigenvalue weighted by molar-refractivity contribution is 0.178. The average molecular weight is 337 g/mol. The number of aromatic nitrogens is 1. The molecule has 0 aliphatic heterocycles. The van der Waals surface area contributed by atoms with E-state index in [0.717, 1.165) is 21.3 Å². The highest BCUT2D eigenvalue weighted by Crippen LogP contribution is 2.26. The Hall–Kier alpha value is -1.53. The van der Waals surface area contributed by atoms with Crippen molar-refractivity contribution in [1.82, 2.24) is 10.3 Å². The van der Waals surface area contributed by atoms with Crippen molar-refractivity contribution in [3.8, 4) is 0 Å². The van der Waals surface area contributed by atoms with E-state index in [1.807, 2.05) is 6.07 Å². The number of thiophene rings is 1. The number of rotatable bonds is 5. The van der Waals surface area contributed by atoms with E-state index in [1.54, 1.807) is 24.4 Å². The summed E-state index contributed by atoms with van der Waals surface area (Å²) in [5, 5.41) is 14.0. The van der Waals surface area contributed by atoms with Gasteiger partial charge in [-0.1, -0.05) is 17.7 Å². The molecule has 3 aromatic rings. The van der Waals surface area contributed by atoms with Crippen LogP contribution in [0.25, 0.3) is 10.9 Å².